The molecule has 0 aliphatic carbocycles. The number of anilines is 1. The predicted molar refractivity (Wildman–Crippen MR) is 133 cm³/mol. The van der Waals surface area contributed by atoms with Crippen molar-refractivity contribution in [2.24, 2.45) is 7.05 Å². The van der Waals surface area contributed by atoms with Crippen molar-refractivity contribution in [3.05, 3.63) is 84.4 Å². The molecule has 0 aliphatic heterocycles. The highest BCUT2D eigenvalue weighted by atomic mass is 19.3. The van der Waals surface area contributed by atoms with Gasteiger partial charge in [-0.05, 0) is 55.5 Å². The minimum Gasteiger partial charge on any atom is -0.457 e. The molecule has 0 atom stereocenters. The number of ether oxygens (including phenoxy) is 2. The molecular weight excluding hydrogens is 498 g/mol. The van der Waals surface area contributed by atoms with Crippen LogP contribution in [-0.4, -0.2) is 42.7 Å². The molecule has 0 aliphatic rings. The summed E-state index contributed by atoms with van der Waals surface area (Å²) in [4.78, 5) is 28.8. The number of hydrogen-bond acceptors (Lipinski definition) is 7. The zero-order chi connectivity index (χ0) is 26.8. The summed E-state index contributed by atoms with van der Waals surface area (Å²) in [6.45, 7) is -1.63. The van der Waals surface area contributed by atoms with E-state index in [9.17, 15) is 18.4 Å². The number of halogens is 2. The molecule has 2 aromatic carbocycles. The van der Waals surface area contributed by atoms with Crippen molar-refractivity contribution in [3.63, 3.8) is 0 Å². The summed E-state index contributed by atoms with van der Waals surface area (Å²) >= 11 is 0. The number of alkyl halides is 2. The lowest BCUT2D eigenvalue weighted by Crippen LogP contribution is -2.12. The number of nitrogens with zero attached hydrogens (tertiary/aromatic N) is 5. The van der Waals surface area contributed by atoms with Crippen LogP contribution in [0.2, 0.25) is 0 Å². The topological polar surface area (TPSA) is 113 Å². The van der Waals surface area contributed by atoms with Crippen molar-refractivity contribution in [2.75, 3.05) is 5.32 Å². The molecule has 38 heavy (non-hydrogen) atoms. The van der Waals surface area contributed by atoms with Crippen LogP contribution in [0.1, 0.15) is 27.6 Å². The van der Waals surface area contributed by atoms with E-state index in [4.69, 9.17) is 9.47 Å². The van der Waals surface area contributed by atoms with Crippen LogP contribution >= 0.6 is 0 Å². The lowest BCUT2D eigenvalue weighted by atomic mass is 10.1. The SMILES string of the molecule is CC(=O)c1ccc(Oc2ccc(OC(F)F)c(-c3nn(C)cc3NC(=O)c3cnn4cccnc34)c2)cc1. The molecular formula is C26H20F2N6O4. The Morgan fingerprint density at radius 1 is 1.08 bits per heavy atom. The van der Waals surface area contributed by atoms with Gasteiger partial charge in [0.25, 0.3) is 5.91 Å². The van der Waals surface area contributed by atoms with Gasteiger partial charge in [0.2, 0.25) is 0 Å². The second-order valence-corrected chi connectivity index (χ2v) is 8.18. The molecule has 12 heteroatoms. The van der Waals surface area contributed by atoms with Crippen LogP contribution in [-0.2, 0) is 7.05 Å². The van der Waals surface area contributed by atoms with E-state index in [0.717, 1.165) is 0 Å². The van der Waals surface area contributed by atoms with E-state index in [1.165, 1.54) is 52.9 Å². The molecule has 0 radical (unpaired) electrons. The Hall–Kier alpha value is -5.13. The number of aryl methyl sites for hydroxylation is 1. The van der Waals surface area contributed by atoms with Gasteiger partial charge in [-0.15, -0.1) is 0 Å². The average molecular weight is 518 g/mol. The van der Waals surface area contributed by atoms with Gasteiger partial charge < -0.3 is 14.8 Å². The predicted octanol–water partition coefficient (Wildman–Crippen LogP) is 4.98. The maximum atomic E-state index is 13.2. The van der Waals surface area contributed by atoms with Gasteiger partial charge in [0.1, 0.15) is 28.5 Å². The van der Waals surface area contributed by atoms with Crippen molar-refractivity contribution in [3.8, 4) is 28.5 Å². The first kappa shape index (κ1) is 24.6. The van der Waals surface area contributed by atoms with E-state index in [2.05, 4.69) is 20.5 Å². The van der Waals surface area contributed by atoms with Gasteiger partial charge in [0, 0.05) is 31.2 Å². The van der Waals surface area contributed by atoms with Gasteiger partial charge in [-0.1, -0.05) is 0 Å². The summed E-state index contributed by atoms with van der Waals surface area (Å²) in [7, 11) is 1.63. The number of benzene rings is 2. The zero-order valence-electron chi connectivity index (χ0n) is 20.1. The highest BCUT2D eigenvalue weighted by Gasteiger charge is 2.22. The molecule has 3 heterocycles. The number of rotatable bonds is 8. The first-order chi connectivity index (χ1) is 18.3. The van der Waals surface area contributed by atoms with Crippen molar-refractivity contribution in [1.29, 1.82) is 0 Å². The maximum absolute atomic E-state index is 13.2. The van der Waals surface area contributed by atoms with Gasteiger partial charge in [-0.2, -0.15) is 19.0 Å². The van der Waals surface area contributed by atoms with Crippen LogP contribution in [0.25, 0.3) is 16.9 Å². The van der Waals surface area contributed by atoms with Crippen LogP contribution in [0.3, 0.4) is 0 Å². The molecule has 5 aromatic rings. The Morgan fingerprint density at radius 3 is 2.58 bits per heavy atom. The van der Waals surface area contributed by atoms with Crippen LogP contribution in [0, 0.1) is 0 Å². The molecule has 0 unspecified atom stereocenters. The fourth-order valence-electron chi connectivity index (χ4n) is 3.81. The second-order valence-electron chi connectivity index (χ2n) is 8.18. The molecule has 3 aromatic heterocycles. The van der Waals surface area contributed by atoms with E-state index in [0.29, 0.717) is 22.7 Å². The van der Waals surface area contributed by atoms with Crippen molar-refractivity contribution in [2.45, 2.75) is 13.5 Å². The van der Waals surface area contributed by atoms with Gasteiger partial charge in [-0.25, -0.2) is 9.50 Å². The molecule has 192 valence electrons. The van der Waals surface area contributed by atoms with E-state index in [1.54, 1.807) is 43.6 Å². The number of carbonyl (C=O) groups excluding carboxylic acids is 2. The number of fused-ring (bicyclic) bond motifs is 1. The summed E-state index contributed by atoms with van der Waals surface area (Å²) in [5, 5.41) is 11.2. The lowest BCUT2D eigenvalue weighted by molar-refractivity contribution is -0.0494. The monoisotopic (exact) mass is 518 g/mol. The summed E-state index contributed by atoms with van der Waals surface area (Å²) in [6, 6.07) is 12.4. The number of ketones is 1. The smallest absolute Gasteiger partial charge is 0.387 e. The standard InChI is InChI=1S/C26H20F2N6O4/c1-15(35)16-4-6-17(7-5-16)37-18-8-9-22(38-26(27)28)19(12-18)23-21(14-33(2)32-23)31-25(36)20-13-30-34-11-3-10-29-24(20)34/h3-14,26H,1-2H3,(H,31,36). The van der Waals surface area contributed by atoms with Crippen molar-refractivity contribution >= 4 is 23.0 Å². The Morgan fingerprint density at radius 2 is 1.84 bits per heavy atom. The lowest BCUT2D eigenvalue weighted by Gasteiger charge is -2.13. The summed E-state index contributed by atoms with van der Waals surface area (Å²) in [6.07, 6.45) is 6.11. The van der Waals surface area contributed by atoms with Crippen molar-refractivity contribution < 1.29 is 27.8 Å². The second kappa shape index (κ2) is 10.1. The molecule has 0 saturated heterocycles. The number of aromatic nitrogens is 5. The van der Waals surface area contributed by atoms with Crippen LogP contribution < -0.4 is 14.8 Å². The number of hydrogen-bond donors (Lipinski definition) is 1. The summed E-state index contributed by atoms with van der Waals surface area (Å²) in [5.74, 6) is -0.0316. The van der Waals surface area contributed by atoms with E-state index in [-0.39, 0.29) is 34.0 Å². The van der Waals surface area contributed by atoms with Crippen LogP contribution in [0.15, 0.2) is 73.3 Å². The number of amides is 1. The molecule has 0 spiro atoms. The Kier molecular flexibility index (Phi) is 6.52. The Bertz CT molecular complexity index is 1650. The Balaban J connectivity index is 1.50. The molecule has 0 saturated carbocycles. The van der Waals surface area contributed by atoms with Gasteiger partial charge in [0.15, 0.2) is 11.4 Å². The minimum absolute atomic E-state index is 0.0861. The van der Waals surface area contributed by atoms with Gasteiger partial charge >= 0.3 is 6.61 Å². The molecule has 1 amide bonds. The third kappa shape index (κ3) is 5.05. The van der Waals surface area contributed by atoms with Crippen LogP contribution in [0.4, 0.5) is 14.5 Å². The normalized spacial score (nSPS) is 11.1. The number of carbonyl (C=O) groups is 2. The maximum Gasteiger partial charge on any atom is 0.387 e. The molecule has 0 fully saturated rings. The van der Waals surface area contributed by atoms with E-state index >= 15 is 0 Å². The first-order valence-corrected chi connectivity index (χ1v) is 11.3. The third-order valence-corrected chi connectivity index (χ3v) is 5.52. The largest absolute Gasteiger partial charge is 0.457 e. The molecule has 0 bridgehead atoms. The van der Waals surface area contributed by atoms with E-state index in [1.807, 2.05) is 0 Å². The first-order valence-electron chi connectivity index (χ1n) is 11.3. The molecule has 1 N–H and O–H groups in total. The fourth-order valence-corrected chi connectivity index (χ4v) is 3.81. The van der Waals surface area contributed by atoms with Crippen LogP contribution in [0.5, 0.6) is 17.2 Å². The van der Waals surface area contributed by atoms with E-state index < -0.39 is 12.5 Å². The zero-order valence-corrected chi connectivity index (χ0v) is 20.1. The quantitative estimate of drug-likeness (QED) is 0.288. The van der Waals surface area contributed by atoms with Gasteiger partial charge in [-0.3, -0.25) is 14.3 Å². The summed E-state index contributed by atoms with van der Waals surface area (Å²) < 4.78 is 39.9. The average Bonchev–Trinajstić information content (AvgIpc) is 3.48. The number of nitrogens with one attached hydrogen (secondary N) is 1. The van der Waals surface area contributed by atoms with Crippen molar-refractivity contribution in [1.82, 2.24) is 24.4 Å². The molecule has 5 rings (SSSR count). The third-order valence-electron chi connectivity index (χ3n) is 5.52. The highest BCUT2D eigenvalue weighted by Crippen LogP contribution is 2.38. The molecule has 10 nitrogen and oxygen atoms in total. The van der Waals surface area contributed by atoms with Gasteiger partial charge in [0.05, 0.1) is 17.4 Å². The number of Topliss-reactive ketones (excluding diaryl/α,β-unsaturated/α-hetero) is 1. The highest BCUT2D eigenvalue weighted by molar-refractivity contribution is 6.09. The summed E-state index contributed by atoms with van der Waals surface area (Å²) in [5.41, 5.74) is 1.68. The Labute approximate surface area is 214 Å². The minimum atomic E-state index is -3.09. The fraction of sp³-hybridized carbons (Fsp3) is 0.115.